The highest BCUT2D eigenvalue weighted by Gasteiger charge is 2.24. The van der Waals surface area contributed by atoms with Gasteiger partial charge in [0.2, 0.25) is 21.7 Å². The van der Waals surface area contributed by atoms with Gasteiger partial charge in [0, 0.05) is 18.3 Å². The van der Waals surface area contributed by atoms with Crippen LogP contribution >= 0.6 is 34.7 Å². The molecule has 3 aromatic rings. The number of rotatable bonds is 7. The van der Waals surface area contributed by atoms with Crippen LogP contribution in [0.1, 0.15) is 6.92 Å². The number of nitrogens with zero attached hydrogens (tertiary/aromatic N) is 2. The lowest BCUT2D eigenvalue weighted by Crippen LogP contribution is -2.15. The molecule has 0 unspecified atom stereocenters. The van der Waals surface area contributed by atoms with Crippen LogP contribution < -0.4 is 16.4 Å². The van der Waals surface area contributed by atoms with E-state index in [2.05, 4.69) is 20.6 Å². The van der Waals surface area contributed by atoms with Gasteiger partial charge in [0.15, 0.2) is 5.16 Å². The standard InChI is InChI=1S/C18H16ClN5O4S3/c1-10(25)22-11-2-4-12(5-3-11)23-15(26)9-29-18-21-8-13(17(20)24-18)31(27,28)16-7-6-14(19)30-16/h2-8H,9H2,1H3,(H,22,25)(H,23,26)(H2,20,21,24). The van der Waals surface area contributed by atoms with E-state index < -0.39 is 9.84 Å². The van der Waals surface area contributed by atoms with Crippen molar-refractivity contribution >= 4 is 73.5 Å². The number of nitrogen functional groups attached to an aromatic ring is 1. The van der Waals surface area contributed by atoms with Gasteiger partial charge < -0.3 is 16.4 Å². The molecule has 0 spiro atoms. The number of thiophene rings is 1. The fraction of sp³-hybridized carbons (Fsp3) is 0.111. The monoisotopic (exact) mass is 497 g/mol. The predicted molar refractivity (Wildman–Crippen MR) is 121 cm³/mol. The highest BCUT2D eigenvalue weighted by molar-refractivity contribution is 7.99. The predicted octanol–water partition coefficient (Wildman–Crippen LogP) is 3.30. The Bertz CT molecular complexity index is 1230. The van der Waals surface area contributed by atoms with Gasteiger partial charge in [-0.15, -0.1) is 11.3 Å². The van der Waals surface area contributed by atoms with Crippen LogP contribution in [0.25, 0.3) is 0 Å². The molecule has 2 heterocycles. The lowest BCUT2D eigenvalue weighted by atomic mass is 10.3. The molecular formula is C18H16ClN5O4S3. The fourth-order valence-electron chi connectivity index (χ4n) is 2.36. The van der Waals surface area contributed by atoms with Crippen LogP contribution in [-0.2, 0) is 19.4 Å². The second kappa shape index (κ2) is 9.64. The molecule has 162 valence electrons. The van der Waals surface area contributed by atoms with Gasteiger partial charge in [-0.2, -0.15) is 0 Å². The molecule has 0 aliphatic carbocycles. The summed E-state index contributed by atoms with van der Waals surface area (Å²) in [5, 5.41) is 5.50. The Labute approximate surface area is 191 Å². The minimum Gasteiger partial charge on any atom is -0.382 e. The summed E-state index contributed by atoms with van der Waals surface area (Å²) < 4.78 is 25.6. The minimum absolute atomic E-state index is 0.0144. The van der Waals surface area contributed by atoms with Crippen molar-refractivity contribution in [2.24, 2.45) is 0 Å². The van der Waals surface area contributed by atoms with Crippen molar-refractivity contribution in [2.75, 3.05) is 22.1 Å². The Morgan fingerprint density at radius 3 is 2.32 bits per heavy atom. The molecule has 0 aliphatic heterocycles. The summed E-state index contributed by atoms with van der Waals surface area (Å²) in [7, 11) is -3.88. The molecule has 0 atom stereocenters. The van der Waals surface area contributed by atoms with E-state index in [4.69, 9.17) is 17.3 Å². The number of hydrogen-bond donors (Lipinski definition) is 3. The van der Waals surface area contributed by atoms with Gasteiger partial charge in [-0.25, -0.2) is 18.4 Å². The molecule has 0 saturated carbocycles. The van der Waals surface area contributed by atoms with Crippen LogP contribution in [0.4, 0.5) is 17.2 Å². The molecule has 4 N–H and O–H groups in total. The Morgan fingerprint density at radius 2 is 1.77 bits per heavy atom. The molecule has 13 heteroatoms. The molecule has 0 fully saturated rings. The van der Waals surface area contributed by atoms with Gasteiger partial charge in [0.05, 0.1) is 16.3 Å². The van der Waals surface area contributed by atoms with E-state index in [-0.39, 0.29) is 37.6 Å². The highest BCUT2D eigenvalue weighted by atomic mass is 35.5. The third kappa shape index (κ3) is 5.94. The van der Waals surface area contributed by atoms with Gasteiger partial charge in [0.1, 0.15) is 14.9 Å². The molecule has 9 nitrogen and oxygen atoms in total. The molecule has 0 radical (unpaired) electrons. The Morgan fingerprint density at radius 1 is 1.13 bits per heavy atom. The molecular weight excluding hydrogens is 482 g/mol. The second-order valence-corrected chi connectivity index (χ2v) is 10.9. The van der Waals surface area contributed by atoms with Gasteiger partial charge in [-0.05, 0) is 36.4 Å². The number of benzene rings is 1. The van der Waals surface area contributed by atoms with Crippen LogP contribution in [-0.4, -0.2) is 36.0 Å². The lowest BCUT2D eigenvalue weighted by Gasteiger charge is -2.08. The third-order valence-electron chi connectivity index (χ3n) is 3.69. The first kappa shape index (κ1) is 23.0. The number of thioether (sulfide) groups is 1. The largest absolute Gasteiger partial charge is 0.382 e. The number of aromatic nitrogens is 2. The fourth-order valence-corrected chi connectivity index (χ4v) is 5.85. The van der Waals surface area contributed by atoms with Crippen LogP contribution in [0.15, 0.2) is 56.9 Å². The minimum atomic E-state index is -3.88. The lowest BCUT2D eigenvalue weighted by molar-refractivity contribution is -0.114. The summed E-state index contributed by atoms with van der Waals surface area (Å²) in [6, 6.07) is 9.49. The zero-order chi connectivity index (χ0) is 22.6. The maximum Gasteiger partial charge on any atom is 0.234 e. The number of anilines is 3. The van der Waals surface area contributed by atoms with E-state index in [1.165, 1.54) is 19.1 Å². The van der Waals surface area contributed by atoms with Crippen molar-refractivity contribution in [3.05, 3.63) is 46.9 Å². The van der Waals surface area contributed by atoms with Gasteiger partial charge in [-0.1, -0.05) is 23.4 Å². The van der Waals surface area contributed by atoms with Crippen molar-refractivity contribution in [3.63, 3.8) is 0 Å². The molecule has 2 aromatic heterocycles. The average Bonchev–Trinajstić information content (AvgIpc) is 3.15. The Hall–Kier alpha value is -2.67. The third-order valence-corrected chi connectivity index (χ3v) is 8.04. The van der Waals surface area contributed by atoms with E-state index in [0.29, 0.717) is 15.7 Å². The van der Waals surface area contributed by atoms with Gasteiger partial charge >= 0.3 is 0 Å². The van der Waals surface area contributed by atoms with Crippen LogP contribution in [0.5, 0.6) is 0 Å². The average molecular weight is 498 g/mol. The number of nitrogens with one attached hydrogen (secondary N) is 2. The molecule has 2 amide bonds. The summed E-state index contributed by atoms with van der Waals surface area (Å²) >= 11 is 7.73. The van der Waals surface area contributed by atoms with Crippen molar-refractivity contribution in [1.82, 2.24) is 9.97 Å². The van der Waals surface area contributed by atoms with Crippen molar-refractivity contribution in [1.29, 1.82) is 0 Å². The van der Waals surface area contributed by atoms with E-state index in [0.717, 1.165) is 29.3 Å². The molecule has 0 saturated heterocycles. The summed E-state index contributed by atoms with van der Waals surface area (Å²) in [6.45, 7) is 1.40. The number of halogens is 1. The zero-order valence-electron chi connectivity index (χ0n) is 16.0. The smallest absolute Gasteiger partial charge is 0.234 e. The quantitative estimate of drug-likeness (QED) is 0.333. The first-order valence-corrected chi connectivity index (χ1v) is 12.2. The number of amides is 2. The number of nitrogens with two attached hydrogens (primary N) is 1. The number of carbonyl (C=O) groups is 2. The van der Waals surface area contributed by atoms with Crippen molar-refractivity contribution < 1.29 is 18.0 Å². The number of carbonyl (C=O) groups excluding carboxylic acids is 2. The maximum atomic E-state index is 12.6. The summed E-state index contributed by atoms with van der Waals surface area (Å²) in [5.74, 6) is -0.731. The Kier molecular flexibility index (Phi) is 7.15. The van der Waals surface area contributed by atoms with E-state index in [1.807, 2.05) is 0 Å². The molecule has 31 heavy (non-hydrogen) atoms. The molecule has 0 aliphatic rings. The van der Waals surface area contributed by atoms with Crippen LogP contribution in [0, 0.1) is 0 Å². The highest BCUT2D eigenvalue weighted by Crippen LogP contribution is 2.32. The summed E-state index contributed by atoms with van der Waals surface area (Å²) in [5.41, 5.74) is 6.99. The molecule has 0 bridgehead atoms. The Balaban J connectivity index is 1.61. The zero-order valence-corrected chi connectivity index (χ0v) is 19.2. The number of hydrogen-bond acceptors (Lipinski definition) is 9. The van der Waals surface area contributed by atoms with E-state index in [9.17, 15) is 18.0 Å². The topological polar surface area (TPSA) is 144 Å². The number of sulfone groups is 1. The van der Waals surface area contributed by atoms with Crippen molar-refractivity contribution in [2.45, 2.75) is 21.2 Å². The van der Waals surface area contributed by atoms with Crippen LogP contribution in [0.2, 0.25) is 4.34 Å². The summed E-state index contributed by atoms with van der Waals surface area (Å²) in [6.07, 6.45) is 1.12. The normalized spacial score (nSPS) is 11.2. The first-order chi connectivity index (χ1) is 14.6. The maximum absolute atomic E-state index is 12.6. The van der Waals surface area contributed by atoms with Gasteiger partial charge in [-0.3, -0.25) is 9.59 Å². The second-order valence-electron chi connectivity index (χ2n) is 6.06. The van der Waals surface area contributed by atoms with Gasteiger partial charge in [0.25, 0.3) is 0 Å². The van der Waals surface area contributed by atoms with Crippen molar-refractivity contribution in [3.8, 4) is 0 Å². The van der Waals surface area contributed by atoms with E-state index >= 15 is 0 Å². The molecule has 3 rings (SSSR count). The molecule has 1 aromatic carbocycles. The summed E-state index contributed by atoms with van der Waals surface area (Å²) in [4.78, 5) is 30.9. The first-order valence-electron chi connectivity index (χ1n) is 8.58. The van der Waals surface area contributed by atoms with Crippen LogP contribution in [0.3, 0.4) is 0 Å². The SMILES string of the molecule is CC(=O)Nc1ccc(NC(=O)CSc2ncc(S(=O)(=O)c3ccc(Cl)s3)c(N)n2)cc1. The van der Waals surface area contributed by atoms with E-state index in [1.54, 1.807) is 24.3 Å².